The zero-order valence-corrected chi connectivity index (χ0v) is 11.5. The molecule has 1 fully saturated rings. The minimum absolute atomic E-state index is 0.00454. The van der Waals surface area contributed by atoms with E-state index in [4.69, 9.17) is 6.42 Å². The zero-order chi connectivity index (χ0) is 12.7. The van der Waals surface area contributed by atoms with Gasteiger partial charge in [-0.15, -0.1) is 6.42 Å². The van der Waals surface area contributed by atoms with Crippen LogP contribution in [-0.4, -0.2) is 35.5 Å². The molecule has 3 atom stereocenters. The molecule has 0 aromatic rings. The quantitative estimate of drug-likeness (QED) is 0.704. The Labute approximate surface area is 108 Å². The van der Waals surface area contributed by atoms with E-state index in [2.05, 4.69) is 23.5 Å². The fourth-order valence-corrected chi connectivity index (χ4v) is 3.43. The summed E-state index contributed by atoms with van der Waals surface area (Å²) in [5, 5.41) is 6.78. The Hall–Kier alpha value is -0.660. The van der Waals surface area contributed by atoms with Crippen LogP contribution in [0.5, 0.6) is 0 Å². The Kier molecular flexibility index (Phi) is 6.46. The molecule has 0 aromatic carbocycles. The van der Waals surface area contributed by atoms with Crippen LogP contribution in [0.4, 0.5) is 0 Å². The predicted octanol–water partition coefficient (Wildman–Crippen LogP) is 1.39. The first kappa shape index (κ1) is 14.4. The molecular formula is C13H22N2OS. The van der Waals surface area contributed by atoms with Crippen molar-refractivity contribution in [2.75, 3.05) is 12.3 Å². The lowest BCUT2D eigenvalue weighted by atomic mass is 10.2. The van der Waals surface area contributed by atoms with Gasteiger partial charge in [-0.25, -0.2) is 0 Å². The Balaban J connectivity index is 2.36. The molecule has 17 heavy (non-hydrogen) atoms. The molecule has 0 heterocycles. The summed E-state index contributed by atoms with van der Waals surface area (Å²) in [6, 6.07) is 0.304. The maximum absolute atomic E-state index is 11.7. The van der Waals surface area contributed by atoms with Crippen LogP contribution in [0, 0.1) is 12.3 Å². The van der Waals surface area contributed by atoms with E-state index in [1.54, 1.807) is 0 Å². The van der Waals surface area contributed by atoms with Gasteiger partial charge in [0.05, 0.1) is 12.6 Å². The second kappa shape index (κ2) is 7.62. The first-order valence-electron chi connectivity index (χ1n) is 6.27. The molecule has 3 unspecified atom stereocenters. The third-order valence-corrected chi connectivity index (χ3v) is 4.38. The smallest absolute Gasteiger partial charge is 0.237 e. The van der Waals surface area contributed by atoms with Crippen molar-refractivity contribution < 1.29 is 4.79 Å². The molecule has 96 valence electrons. The van der Waals surface area contributed by atoms with Crippen LogP contribution in [0.15, 0.2) is 0 Å². The molecule has 0 radical (unpaired) electrons. The summed E-state index contributed by atoms with van der Waals surface area (Å²) in [4.78, 5) is 11.7. The predicted molar refractivity (Wildman–Crippen MR) is 74.0 cm³/mol. The molecule has 1 saturated carbocycles. The average Bonchev–Trinajstić information content (AvgIpc) is 2.74. The highest BCUT2D eigenvalue weighted by Crippen LogP contribution is 2.30. The van der Waals surface area contributed by atoms with Gasteiger partial charge < -0.3 is 10.6 Å². The lowest BCUT2D eigenvalue weighted by Crippen LogP contribution is -2.48. The second-order valence-electron chi connectivity index (χ2n) is 4.34. The van der Waals surface area contributed by atoms with E-state index < -0.39 is 0 Å². The minimum atomic E-state index is -0.161. The topological polar surface area (TPSA) is 41.1 Å². The summed E-state index contributed by atoms with van der Waals surface area (Å²) in [7, 11) is 0. The molecule has 4 heteroatoms. The molecule has 0 spiro atoms. The van der Waals surface area contributed by atoms with Gasteiger partial charge in [-0.05, 0) is 25.5 Å². The van der Waals surface area contributed by atoms with E-state index in [1.807, 2.05) is 18.7 Å². The minimum Gasteiger partial charge on any atom is -0.344 e. The van der Waals surface area contributed by atoms with Gasteiger partial charge in [0.2, 0.25) is 5.91 Å². The van der Waals surface area contributed by atoms with Crippen molar-refractivity contribution in [2.24, 2.45) is 0 Å². The maximum Gasteiger partial charge on any atom is 0.237 e. The summed E-state index contributed by atoms with van der Waals surface area (Å²) in [6.07, 6.45) is 8.80. The maximum atomic E-state index is 11.7. The van der Waals surface area contributed by atoms with Crippen LogP contribution in [0.25, 0.3) is 0 Å². The molecular weight excluding hydrogens is 232 g/mol. The van der Waals surface area contributed by atoms with Crippen LogP contribution in [0.3, 0.4) is 0 Å². The molecule has 0 saturated heterocycles. The van der Waals surface area contributed by atoms with Gasteiger partial charge in [-0.1, -0.05) is 19.3 Å². The van der Waals surface area contributed by atoms with Crippen molar-refractivity contribution in [1.29, 1.82) is 0 Å². The number of carbonyl (C=O) groups excluding carboxylic acids is 1. The Morgan fingerprint density at radius 3 is 3.00 bits per heavy atom. The van der Waals surface area contributed by atoms with Crippen LogP contribution in [-0.2, 0) is 4.79 Å². The molecule has 1 aliphatic carbocycles. The average molecular weight is 254 g/mol. The molecule has 0 aromatic heterocycles. The molecule has 0 aliphatic heterocycles. The van der Waals surface area contributed by atoms with E-state index in [-0.39, 0.29) is 11.9 Å². The van der Waals surface area contributed by atoms with E-state index in [9.17, 15) is 4.79 Å². The highest BCUT2D eigenvalue weighted by Gasteiger charge is 2.29. The van der Waals surface area contributed by atoms with Crippen molar-refractivity contribution in [3.8, 4) is 12.3 Å². The van der Waals surface area contributed by atoms with E-state index in [0.717, 1.165) is 5.75 Å². The monoisotopic (exact) mass is 254 g/mol. The van der Waals surface area contributed by atoms with Gasteiger partial charge in [0.25, 0.3) is 0 Å². The van der Waals surface area contributed by atoms with Crippen LogP contribution >= 0.6 is 11.8 Å². The van der Waals surface area contributed by atoms with Crippen LogP contribution in [0.2, 0.25) is 0 Å². The summed E-state index contributed by atoms with van der Waals surface area (Å²) in [5.41, 5.74) is 0. The number of thioether (sulfide) groups is 1. The van der Waals surface area contributed by atoms with E-state index in [1.165, 1.54) is 19.3 Å². The summed E-state index contributed by atoms with van der Waals surface area (Å²) in [5.74, 6) is 3.55. The number of carbonyl (C=O) groups is 1. The van der Waals surface area contributed by atoms with Gasteiger partial charge in [-0.2, -0.15) is 11.8 Å². The summed E-state index contributed by atoms with van der Waals surface area (Å²) < 4.78 is 0. The fourth-order valence-electron chi connectivity index (χ4n) is 2.22. The zero-order valence-electron chi connectivity index (χ0n) is 10.7. The number of hydrogen-bond donors (Lipinski definition) is 2. The van der Waals surface area contributed by atoms with Crippen molar-refractivity contribution >= 4 is 17.7 Å². The third kappa shape index (κ3) is 4.61. The first-order valence-corrected chi connectivity index (χ1v) is 7.32. The van der Waals surface area contributed by atoms with Crippen molar-refractivity contribution in [3.05, 3.63) is 0 Å². The second-order valence-corrected chi connectivity index (χ2v) is 5.86. The van der Waals surface area contributed by atoms with Crippen LogP contribution < -0.4 is 10.6 Å². The van der Waals surface area contributed by atoms with Crippen molar-refractivity contribution in [2.45, 2.75) is 50.4 Å². The van der Waals surface area contributed by atoms with Gasteiger partial charge in [0, 0.05) is 11.3 Å². The Bertz CT molecular complexity index is 288. The Morgan fingerprint density at radius 1 is 1.59 bits per heavy atom. The Morgan fingerprint density at radius 2 is 2.35 bits per heavy atom. The van der Waals surface area contributed by atoms with Gasteiger partial charge in [-0.3, -0.25) is 4.79 Å². The SMILES string of the molecule is C#CCNC(=O)C(C)NC1CCCC1SCC. The third-order valence-electron chi connectivity index (χ3n) is 3.06. The van der Waals surface area contributed by atoms with Crippen molar-refractivity contribution in [3.63, 3.8) is 0 Å². The highest BCUT2D eigenvalue weighted by atomic mass is 32.2. The number of nitrogens with one attached hydrogen (secondary N) is 2. The first-order chi connectivity index (χ1) is 8.19. The number of terminal acetylenes is 1. The normalized spacial score (nSPS) is 25.2. The lowest BCUT2D eigenvalue weighted by molar-refractivity contribution is -0.122. The fraction of sp³-hybridized carbons (Fsp3) is 0.769. The molecule has 1 aliphatic rings. The number of hydrogen-bond acceptors (Lipinski definition) is 3. The molecule has 1 amide bonds. The molecule has 3 nitrogen and oxygen atoms in total. The van der Waals surface area contributed by atoms with E-state index in [0.29, 0.717) is 17.8 Å². The van der Waals surface area contributed by atoms with Crippen molar-refractivity contribution in [1.82, 2.24) is 10.6 Å². The lowest BCUT2D eigenvalue weighted by Gasteiger charge is -2.23. The summed E-state index contributed by atoms with van der Waals surface area (Å²) in [6.45, 7) is 4.39. The van der Waals surface area contributed by atoms with Gasteiger partial charge >= 0.3 is 0 Å². The molecule has 2 N–H and O–H groups in total. The summed E-state index contributed by atoms with van der Waals surface area (Å²) >= 11 is 1.99. The van der Waals surface area contributed by atoms with Crippen LogP contribution in [0.1, 0.15) is 33.1 Å². The largest absolute Gasteiger partial charge is 0.344 e. The number of amides is 1. The molecule has 1 rings (SSSR count). The van der Waals surface area contributed by atoms with Gasteiger partial charge in [0.15, 0.2) is 0 Å². The van der Waals surface area contributed by atoms with Gasteiger partial charge in [0.1, 0.15) is 0 Å². The van der Waals surface area contributed by atoms with E-state index >= 15 is 0 Å². The standard InChI is InChI=1S/C13H22N2OS/c1-4-9-14-13(16)10(3)15-11-7-6-8-12(11)17-5-2/h1,10-12,15H,5-9H2,2-3H3,(H,14,16). The molecule has 0 bridgehead atoms. The number of rotatable bonds is 6. The highest BCUT2D eigenvalue weighted by molar-refractivity contribution is 7.99.